The number of hydrogen-bond donors (Lipinski definition) is 2. The second-order valence-corrected chi connectivity index (χ2v) is 3.85. The zero-order valence-corrected chi connectivity index (χ0v) is 8.37. The highest BCUT2D eigenvalue weighted by Gasteiger charge is 2.23. The maximum Gasteiger partial charge on any atom is 0.0477 e. The Hall–Kier alpha value is -1.22. The minimum Gasteiger partial charge on any atom is -0.402 e. The van der Waals surface area contributed by atoms with Gasteiger partial charge in [0, 0.05) is 30.4 Å². The van der Waals surface area contributed by atoms with E-state index in [0.29, 0.717) is 5.92 Å². The summed E-state index contributed by atoms with van der Waals surface area (Å²) >= 11 is 0. The fourth-order valence-electron chi connectivity index (χ4n) is 1.81. The molecule has 0 radical (unpaired) electrons. The molecule has 2 rings (SSSR count). The van der Waals surface area contributed by atoms with E-state index in [4.69, 9.17) is 5.73 Å². The van der Waals surface area contributed by atoms with Gasteiger partial charge >= 0.3 is 0 Å². The first-order valence-corrected chi connectivity index (χ1v) is 5.09. The van der Waals surface area contributed by atoms with Crippen molar-refractivity contribution in [2.24, 2.45) is 11.7 Å². The Morgan fingerprint density at radius 3 is 3.00 bits per heavy atom. The van der Waals surface area contributed by atoms with Gasteiger partial charge in [0.1, 0.15) is 0 Å². The summed E-state index contributed by atoms with van der Waals surface area (Å²) in [4.78, 5) is 0. The molecule has 0 bridgehead atoms. The van der Waals surface area contributed by atoms with Crippen LogP contribution in [0.4, 0.5) is 0 Å². The van der Waals surface area contributed by atoms with E-state index >= 15 is 0 Å². The molecule has 0 aromatic heterocycles. The van der Waals surface area contributed by atoms with Gasteiger partial charge in [-0.05, 0) is 18.9 Å². The maximum absolute atomic E-state index is 5.69. The van der Waals surface area contributed by atoms with Gasteiger partial charge in [-0.3, -0.25) is 0 Å². The fourth-order valence-corrected chi connectivity index (χ4v) is 1.81. The van der Waals surface area contributed by atoms with E-state index in [0.717, 1.165) is 31.6 Å². The van der Waals surface area contributed by atoms with Crippen molar-refractivity contribution in [3.05, 3.63) is 36.2 Å². The smallest absolute Gasteiger partial charge is 0.0477 e. The average Bonchev–Trinajstić information content (AvgIpc) is 2.68. The summed E-state index contributed by atoms with van der Waals surface area (Å²) in [6.07, 6.45) is 8.93. The van der Waals surface area contributed by atoms with E-state index < -0.39 is 0 Å². The van der Waals surface area contributed by atoms with E-state index in [1.165, 1.54) is 5.70 Å². The van der Waals surface area contributed by atoms with E-state index in [2.05, 4.69) is 35.2 Å². The molecule has 0 saturated carbocycles. The van der Waals surface area contributed by atoms with Gasteiger partial charge < -0.3 is 10.7 Å². The van der Waals surface area contributed by atoms with Gasteiger partial charge in [-0.2, -0.15) is 0 Å². The van der Waals surface area contributed by atoms with Crippen LogP contribution in [-0.2, 0) is 0 Å². The molecule has 3 nitrogen and oxygen atoms in total. The van der Waals surface area contributed by atoms with Gasteiger partial charge in [0.15, 0.2) is 0 Å². The summed E-state index contributed by atoms with van der Waals surface area (Å²) in [6, 6.07) is 0. The monoisotopic (exact) mass is 191 g/mol. The lowest BCUT2D eigenvalue weighted by molar-refractivity contribution is 0.330. The summed E-state index contributed by atoms with van der Waals surface area (Å²) in [5.74, 6) is 0.381. The first-order valence-electron chi connectivity index (χ1n) is 5.09. The summed E-state index contributed by atoms with van der Waals surface area (Å²) in [5.41, 5.74) is 11.1. The third-order valence-electron chi connectivity index (χ3n) is 2.74. The first-order chi connectivity index (χ1) is 6.77. The molecule has 0 amide bonds. The molecule has 14 heavy (non-hydrogen) atoms. The van der Waals surface area contributed by atoms with Gasteiger partial charge in [-0.1, -0.05) is 18.7 Å². The van der Waals surface area contributed by atoms with Gasteiger partial charge in [0.05, 0.1) is 0 Å². The van der Waals surface area contributed by atoms with Crippen molar-refractivity contribution in [1.29, 1.82) is 0 Å². The predicted octanol–water partition coefficient (Wildman–Crippen LogP) is 1.13. The molecule has 0 spiro atoms. The van der Waals surface area contributed by atoms with Crippen molar-refractivity contribution < 1.29 is 0 Å². The van der Waals surface area contributed by atoms with Crippen molar-refractivity contribution in [3.8, 4) is 0 Å². The number of allylic oxidation sites excluding steroid dienone is 3. The maximum atomic E-state index is 5.69. The second kappa shape index (κ2) is 3.88. The molecule has 1 aliphatic carbocycles. The molecule has 3 N–H and O–H groups in total. The van der Waals surface area contributed by atoms with E-state index in [1.807, 2.05) is 0 Å². The topological polar surface area (TPSA) is 41.3 Å². The molecule has 0 aromatic rings. The Balaban J connectivity index is 1.98. The Morgan fingerprint density at radius 1 is 1.57 bits per heavy atom. The van der Waals surface area contributed by atoms with Crippen LogP contribution in [0.2, 0.25) is 0 Å². The summed E-state index contributed by atoms with van der Waals surface area (Å²) < 4.78 is 0. The second-order valence-electron chi connectivity index (χ2n) is 3.85. The van der Waals surface area contributed by atoms with Crippen molar-refractivity contribution >= 4 is 0 Å². The van der Waals surface area contributed by atoms with Gasteiger partial charge in [-0.15, -0.1) is 0 Å². The summed E-state index contributed by atoms with van der Waals surface area (Å²) in [6.45, 7) is 5.63. The molecule has 0 aromatic carbocycles. The quantitative estimate of drug-likeness (QED) is 0.687. The van der Waals surface area contributed by atoms with Crippen LogP contribution in [0.15, 0.2) is 36.2 Å². The first kappa shape index (κ1) is 9.34. The molecule has 76 valence electrons. The molecule has 1 aliphatic heterocycles. The SMILES string of the molecule is C=C(N)C1CNN(C2=CCCC=C2)C1. The lowest BCUT2D eigenvalue weighted by Gasteiger charge is -2.21. The Labute approximate surface area is 84.9 Å². The fraction of sp³-hybridized carbons (Fsp3) is 0.455. The number of nitrogens with zero attached hydrogens (tertiary/aromatic N) is 1. The Kier molecular flexibility index (Phi) is 2.59. The van der Waals surface area contributed by atoms with Crippen LogP contribution >= 0.6 is 0 Å². The number of rotatable bonds is 2. The highest BCUT2D eigenvalue weighted by atomic mass is 15.5. The molecule has 2 aliphatic rings. The van der Waals surface area contributed by atoms with Crippen molar-refractivity contribution in [2.75, 3.05) is 13.1 Å². The molecule has 1 atom stereocenters. The van der Waals surface area contributed by atoms with Crippen LogP contribution in [0.1, 0.15) is 12.8 Å². The van der Waals surface area contributed by atoms with E-state index in [1.54, 1.807) is 0 Å². The minimum atomic E-state index is 0.381. The highest BCUT2D eigenvalue weighted by Crippen LogP contribution is 2.19. The van der Waals surface area contributed by atoms with Gasteiger partial charge in [0.2, 0.25) is 0 Å². The van der Waals surface area contributed by atoms with Crippen molar-refractivity contribution in [2.45, 2.75) is 12.8 Å². The largest absolute Gasteiger partial charge is 0.402 e. The number of nitrogens with one attached hydrogen (secondary N) is 1. The molecule has 1 unspecified atom stereocenters. The Bertz CT molecular complexity index is 291. The standard InChI is InChI=1S/C11H17N3/c1-9(12)10-7-13-14(8-10)11-5-3-2-4-6-11/h3,5-6,10,13H,1-2,4,7-8,12H2. The number of hydrogen-bond acceptors (Lipinski definition) is 3. The molecule has 3 heteroatoms. The predicted molar refractivity (Wildman–Crippen MR) is 58.0 cm³/mol. The van der Waals surface area contributed by atoms with Crippen LogP contribution in [0.25, 0.3) is 0 Å². The summed E-state index contributed by atoms with van der Waals surface area (Å²) in [5, 5.41) is 2.17. The third kappa shape index (κ3) is 1.82. The van der Waals surface area contributed by atoms with Gasteiger partial charge in [0.25, 0.3) is 0 Å². The van der Waals surface area contributed by atoms with Crippen LogP contribution in [-0.4, -0.2) is 18.1 Å². The van der Waals surface area contributed by atoms with E-state index in [-0.39, 0.29) is 0 Å². The normalized spacial score (nSPS) is 26.4. The lowest BCUT2D eigenvalue weighted by atomic mass is 10.1. The molecular formula is C11H17N3. The molecular weight excluding hydrogens is 174 g/mol. The zero-order valence-electron chi connectivity index (χ0n) is 8.37. The molecule has 1 fully saturated rings. The summed E-state index contributed by atoms with van der Waals surface area (Å²) in [7, 11) is 0. The lowest BCUT2D eigenvalue weighted by Crippen LogP contribution is -2.29. The minimum absolute atomic E-state index is 0.381. The van der Waals surface area contributed by atoms with Crippen molar-refractivity contribution in [3.63, 3.8) is 0 Å². The number of nitrogens with two attached hydrogens (primary N) is 1. The highest BCUT2D eigenvalue weighted by molar-refractivity contribution is 5.22. The average molecular weight is 191 g/mol. The van der Waals surface area contributed by atoms with Crippen molar-refractivity contribution in [1.82, 2.24) is 10.4 Å². The zero-order chi connectivity index (χ0) is 9.97. The van der Waals surface area contributed by atoms with Gasteiger partial charge in [-0.25, -0.2) is 5.43 Å². The third-order valence-corrected chi connectivity index (χ3v) is 2.74. The van der Waals surface area contributed by atoms with Crippen LogP contribution in [0.3, 0.4) is 0 Å². The molecule has 1 heterocycles. The van der Waals surface area contributed by atoms with Crippen LogP contribution < -0.4 is 11.2 Å². The van der Waals surface area contributed by atoms with Crippen LogP contribution in [0, 0.1) is 5.92 Å². The van der Waals surface area contributed by atoms with Crippen LogP contribution in [0.5, 0.6) is 0 Å². The number of hydrazine groups is 1. The Morgan fingerprint density at radius 2 is 2.43 bits per heavy atom. The van der Waals surface area contributed by atoms with E-state index in [9.17, 15) is 0 Å². The molecule has 1 saturated heterocycles.